The minimum absolute atomic E-state index is 0.135. The molecule has 0 saturated heterocycles. The van der Waals surface area contributed by atoms with Gasteiger partial charge in [-0.1, -0.05) is 12.1 Å². The van der Waals surface area contributed by atoms with E-state index in [1.165, 1.54) is 14.2 Å². The Kier molecular flexibility index (Phi) is 5.17. The van der Waals surface area contributed by atoms with Gasteiger partial charge in [0, 0.05) is 19.9 Å². The second-order valence-corrected chi connectivity index (χ2v) is 6.56. The average molecular weight is 408 g/mol. The molecular weight excluding hydrogens is 388 g/mol. The number of rotatable bonds is 7. The van der Waals surface area contributed by atoms with Crippen LogP contribution in [0, 0.1) is 0 Å². The summed E-state index contributed by atoms with van der Waals surface area (Å²) >= 11 is 0. The topological polar surface area (TPSA) is 134 Å². The molecule has 2 heterocycles. The largest absolute Gasteiger partial charge is 0.375 e. The Hall–Kier alpha value is -3.76. The van der Waals surface area contributed by atoms with Gasteiger partial charge in [0.2, 0.25) is 5.91 Å². The minimum atomic E-state index is -1.91. The Bertz CT molecular complexity index is 1180. The molecule has 1 unspecified atom stereocenters. The maximum absolute atomic E-state index is 13.4. The molecular formula is C20H20N6O4. The number of fused-ring (bicyclic) bond motifs is 2. The van der Waals surface area contributed by atoms with Crippen LogP contribution in [0.15, 0.2) is 48.8 Å². The lowest BCUT2D eigenvalue weighted by Crippen LogP contribution is -2.57. The zero-order chi connectivity index (χ0) is 21.1. The summed E-state index contributed by atoms with van der Waals surface area (Å²) in [5, 5.41) is 5.38. The number of ether oxygens (including phenoxy) is 2. The first-order valence-corrected chi connectivity index (χ1v) is 9.10. The number of anilines is 1. The number of aromatic amines is 2. The number of imidazole rings is 2. The van der Waals surface area contributed by atoms with Crippen molar-refractivity contribution in [3.63, 3.8) is 0 Å². The first kappa shape index (κ1) is 19.6. The van der Waals surface area contributed by atoms with E-state index in [-0.39, 0.29) is 12.4 Å². The normalized spacial score (nSPS) is 13.3. The molecule has 10 heteroatoms. The van der Waals surface area contributed by atoms with Gasteiger partial charge in [-0.3, -0.25) is 9.59 Å². The van der Waals surface area contributed by atoms with Crippen molar-refractivity contribution < 1.29 is 19.1 Å². The molecule has 0 fully saturated rings. The molecule has 0 aliphatic rings. The summed E-state index contributed by atoms with van der Waals surface area (Å²) in [7, 11) is 2.70. The van der Waals surface area contributed by atoms with Crippen molar-refractivity contribution in [1.29, 1.82) is 0 Å². The number of aromatic nitrogens is 4. The van der Waals surface area contributed by atoms with Crippen LogP contribution < -0.4 is 10.6 Å². The molecule has 0 radical (unpaired) electrons. The van der Waals surface area contributed by atoms with Gasteiger partial charge in [-0.05, 0) is 30.3 Å². The van der Waals surface area contributed by atoms with Crippen molar-refractivity contribution >= 4 is 39.6 Å². The maximum Gasteiger partial charge on any atom is 0.286 e. The van der Waals surface area contributed by atoms with Crippen molar-refractivity contribution in [1.82, 2.24) is 25.3 Å². The summed E-state index contributed by atoms with van der Waals surface area (Å²) in [5.74, 6) is -1.04. The summed E-state index contributed by atoms with van der Waals surface area (Å²) in [6.45, 7) is -0.251. The first-order valence-electron chi connectivity index (χ1n) is 9.10. The van der Waals surface area contributed by atoms with E-state index in [1.54, 1.807) is 30.6 Å². The number of methoxy groups -OCH3 is 2. The molecule has 2 aromatic carbocycles. The molecule has 0 bridgehead atoms. The minimum Gasteiger partial charge on any atom is -0.375 e. The number of hydrogen-bond acceptors (Lipinski definition) is 6. The lowest BCUT2D eigenvalue weighted by molar-refractivity contribution is -0.153. The van der Waals surface area contributed by atoms with E-state index in [9.17, 15) is 9.59 Å². The number of nitrogens with zero attached hydrogens (tertiary/aromatic N) is 2. The molecule has 4 aromatic rings. The summed E-state index contributed by atoms with van der Waals surface area (Å²) in [5.41, 5.74) is 1.43. The summed E-state index contributed by atoms with van der Waals surface area (Å²) in [6, 6.07) is 12.5. The maximum atomic E-state index is 13.4. The molecule has 0 spiro atoms. The van der Waals surface area contributed by atoms with Crippen LogP contribution in [0.5, 0.6) is 0 Å². The standard InChI is InChI=1S/C20H20N6O4/c1-29-10-17(27)26-20(30-2,18-24-14-5-3-4-6-15(14)25-18)19(28)23-12-7-8-13-16(9-12)22-11-21-13/h3-9,11H,10H2,1-2H3,(H,21,22)(H,23,28)(H,24,25)(H,26,27). The van der Waals surface area contributed by atoms with Gasteiger partial charge < -0.3 is 30.1 Å². The fourth-order valence-electron chi connectivity index (χ4n) is 3.18. The molecule has 2 amide bonds. The predicted molar refractivity (Wildman–Crippen MR) is 110 cm³/mol. The third-order valence-electron chi connectivity index (χ3n) is 4.62. The Morgan fingerprint density at radius 1 is 1.10 bits per heavy atom. The van der Waals surface area contributed by atoms with E-state index in [4.69, 9.17) is 9.47 Å². The van der Waals surface area contributed by atoms with Crippen LogP contribution in [0.3, 0.4) is 0 Å². The molecule has 0 aliphatic heterocycles. The number of H-pyrrole nitrogens is 2. The number of nitrogens with one attached hydrogen (secondary N) is 4. The SMILES string of the molecule is COCC(=O)NC(OC)(C(=O)Nc1ccc2nc[nH]c2c1)c1nc2ccccc2[nH]1. The molecule has 154 valence electrons. The van der Waals surface area contributed by atoms with Gasteiger partial charge in [0.05, 0.1) is 28.4 Å². The van der Waals surface area contributed by atoms with Crippen LogP contribution in [0.1, 0.15) is 5.82 Å². The lowest BCUT2D eigenvalue weighted by Gasteiger charge is -2.29. The highest BCUT2D eigenvalue weighted by Crippen LogP contribution is 2.26. The van der Waals surface area contributed by atoms with Crippen molar-refractivity contribution in [2.24, 2.45) is 0 Å². The average Bonchev–Trinajstić information content (AvgIpc) is 3.38. The zero-order valence-electron chi connectivity index (χ0n) is 16.4. The summed E-state index contributed by atoms with van der Waals surface area (Å²) in [6.07, 6.45) is 1.56. The molecule has 1 atom stereocenters. The number of carbonyl (C=O) groups is 2. The van der Waals surface area contributed by atoms with Crippen molar-refractivity contribution in [2.45, 2.75) is 5.72 Å². The number of hydrogen-bond donors (Lipinski definition) is 4. The quantitative estimate of drug-likeness (QED) is 0.344. The fraction of sp³-hybridized carbons (Fsp3) is 0.200. The molecule has 0 saturated carbocycles. The fourth-order valence-corrected chi connectivity index (χ4v) is 3.18. The number of para-hydroxylation sites is 2. The lowest BCUT2D eigenvalue weighted by atomic mass is 10.1. The van der Waals surface area contributed by atoms with E-state index in [1.807, 2.05) is 18.2 Å². The van der Waals surface area contributed by atoms with E-state index in [0.717, 1.165) is 11.0 Å². The zero-order valence-corrected chi connectivity index (χ0v) is 16.4. The molecule has 4 rings (SSSR count). The Balaban J connectivity index is 1.74. The molecule has 2 aromatic heterocycles. The van der Waals surface area contributed by atoms with E-state index in [2.05, 4.69) is 30.6 Å². The van der Waals surface area contributed by atoms with Gasteiger partial charge in [-0.2, -0.15) is 0 Å². The van der Waals surface area contributed by atoms with Gasteiger partial charge in [-0.25, -0.2) is 9.97 Å². The van der Waals surface area contributed by atoms with Crippen LogP contribution in [0.4, 0.5) is 5.69 Å². The monoisotopic (exact) mass is 408 g/mol. The van der Waals surface area contributed by atoms with Crippen LogP contribution in [-0.4, -0.2) is 52.6 Å². The highest BCUT2D eigenvalue weighted by molar-refractivity contribution is 6.01. The van der Waals surface area contributed by atoms with Crippen LogP contribution >= 0.6 is 0 Å². The number of amides is 2. The van der Waals surface area contributed by atoms with Crippen LogP contribution in [0.25, 0.3) is 22.1 Å². The third kappa shape index (κ3) is 3.49. The van der Waals surface area contributed by atoms with Crippen LogP contribution in [0.2, 0.25) is 0 Å². The summed E-state index contributed by atoms with van der Waals surface area (Å²) < 4.78 is 10.4. The van der Waals surface area contributed by atoms with Crippen molar-refractivity contribution in [3.05, 3.63) is 54.6 Å². The Labute approximate surface area is 171 Å². The predicted octanol–water partition coefficient (Wildman–Crippen LogP) is 1.64. The highest BCUT2D eigenvalue weighted by atomic mass is 16.5. The van der Waals surface area contributed by atoms with Crippen molar-refractivity contribution in [3.8, 4) is 0 Å². The van der Waals surface area contributed by atoms with E-state index >= 15 is 0 Å². The first-order chi connectivity index (χ1) is 14.6. The Morgan fingerprint density at radius 3 is 2.70 bits per heavy atom. The summed E-state index contributed by atoms with van der Waals surface area (Å²) in [4.78, 5) is 40.4. The molecule has 10 nitrogen and oxygen atoms in total. The highest BCUT2D eigenvalue weighted by Gasteiger charge is 2.45. The Morgan fingerprint density at radius 2 is 1.93 bits per heavy atom. The van der Waals surface area contributed by atoms with Gasteiger partial charge in [0.1, 0.15) is 6.61 Å². The molecule has 30 heavy (non-hydrogen) atoms. The smallest absolute Gasteiger partial charge is 0.286 e. The van der Waals surface area contributed by atoms with Gasteiger partial charge in [-0.15, -0.1) is 0 Å². The second-order valence-electron chi connectivity index (χ2n) is 6.56. The number of carbonyl (C=O) groups excluding carboxylic acids is 2. The van der Waals surface area contributed by atoms with E-state index < -0.39 is 17.5 Å². The molecule has 4 N–H and O–H groups in total. The van der Waals surface area contributed by atoms with E-state index in [0.29, 0.717) is 16.7 Å². The van der Waals surface area contributed by atoms with Gasteiger partial charge in [0.25, 0.3) is 11.6 Å². The molecule has 0 aliphatic carbocycles. The number of benzene rings is 2. The van der Waals surface area contributed by atoms with Gasteiger partial charge >= 0.3 is 0 Å². The van der Waals surface area contributed by atoms with Gasteiger partial charge in [0.15, 0.2) is 5.82 Å². The van der Waals surface area contributed by atoms with Crippen molar-refractivity contribution in [2.75, 3.05) is 26.1 Å². The second kappa shape index (κ2) is 7.93. The van der Waals surface area contributed by atoms with Crippen LogP contribution in [-0.2, 0) is 24.8 Å². The third-order valence-corrected chi connectivity index (χ3v) is 4.62.